The molecule has 0 atom stereocenters. The number of nitrogens with zero attached hydrogens (tertiary/aromatic N) is 1. The number of fused-ring (bicyclic) bond motifs is 5. The average molecular weight is 365 g/mol. The van der Waals surface area contributed by atoms with Crippen molar-refractivity contribution in [3.8, 4) is 10.6 Å². The number of aryl methyl sites for hydroxylation is 2. The van der Waals surface area contributed by atoms with E-state index in [1.54, 1.807) is 5.56 Å². The maximum absolute atomic E-state index is 2.63. The summed E-state index contributed by atoms with van der Waals surface area (Å²) >= 11 is 1.99. The van der Waals surface area contributed by atoms with E-state index in [9.17, 15) is 0 Å². The Bertz CT molecular complexity index is 917. The standard InChI is InChI=1S/C24H30NS/c1-4-7-10-18-14-16-25-21(17-18)23-20(13-15-24(25,5-2)6-3)19-11-8-9-12-22(19)26-23/h8-9,11-12,14,16-17H,4-7,10,13,15H2,1-3H3/q+1. The van der Waals surface area contributed by atoms with Gasteiger partial charge in [0, 0.05) is 36.1 Å². The van der Waals surface area contributed by atoms with Crippen LogP contribution < -0.4 is 4.57 Å². The third-order valence-corrected chi connectivity index (χ3v) is 7.67. The molecular formula is C24H30NS+. The first-order chi connectivity index (χ1) is 12.7. The number of unbranched alkanes of at least 4 members (excludes halogenated alkanes) is 1. The van der Waals surface area contributed by atoms with Crippen LogP contribution >= 0.6 is 11.3 Å². The van der Waals surface area contributed by atoms with Crippen molar-refractivity contribution in [3.05, 3.63) is 53.7 Å². The highest BCUT2D eigenvalue weighted by atomic mass is 32.1. The minimum Gasteiger partial charge on any atom is -0.192 e. The summed E-state index contributed by atoms with van der Waals surface area (Å²) in [5, 5.41) is 1.47. The Balaban J connectivity index is 1.96. The second-order valence-corrected chi connectivity index (χ2v) is 8.78. The first-order valence-electron chi connectivity index (χ1n) is 10.3. The molecule has 0 saturated heterocycles. The molecule has 26 heavy (non-hydrogen) atoms. The normalized spacial score (nSPS) is 15.5. The van der Waals surface area contributed by atoms with Gasteiger partial charge in [-0.3, -0.25) is 0 Å². The number of benzene rings is 1. The van der Waals surface area contributed by atoms with Gasteiger partial charge in [-0.2, -0.15) is 4.57 Å². The number of aromatic nitrogens is 1. The van der Waals surface area contributed by atoms with Crippen molar-refractivity contribution >= 4 is 21.4 Å². The molecule has 0 amide bonds. The molecule has 1 aliphatic heterocycles. The van der Waals surface area contributed by atoms with Crippen molar-refractivity contribution in [3.63, 3.8) is 0 Å². The van der Waals surface area contributed by atoms with Crippen LogP contribution in [0.1, 0.15) is 64.0 Å². The monoisotopic (exact) mass is 364 g/mol. The average Bonchev–Trinajstić information content (AvgIpc) is 3.00. The van der Waals surface area contributed by atoms with E-state index in [1.165, 1.54) is 71.2 Å². The number of hydrogen-bond donors (Lipinski definition) is 0. The van der Waals surface area contributed by atoms with Crippen molar-refractivity contribution < 1.29 is 4.57 Å². The lowest BCUT2D eigenvalue weighted by molar-refractivity contribution is -0.757. The number of rotatable bonds is 5. The van der Waals surface area contributed by atoms with Gasteiger partial charge in [-0.25, -0.2) is 0 Å². The number of hydrogen-bond acceptors (Lipinski definition) is 1. The fourth-order valence-corrected chi connectivity index (χ4v) is 5.91. The molecule has 0 saturated carbocycles. The molecule has 0 spiro atoms. The second-order valence-electron chi connectivity index (χ2n) is 7.73. The van der Waals surface area contributed by atoms with E-state index in [1.807, 2.05) is 11.3 Å². The van der Waals surface area contributed by atoms with Crippen LogP contribution in [0.2, 0.25) is 0 Å². The van der Waals surface area contributed by atoms with Crippen molar-refractivity contribution in [2.24, 2.45) is 0 Å². The van der Waals surface area contributed by atoms with Crippen LogP contribution in [0.5, 0.6) is 0 Å². The first-order valence-corrected chi connectivity index (χ1v) is 11.1. The third kappa shape index (κ3) is 2.79. The molecule has 1 nitrogen and oxygen atoms in total. The Morgan fingerprint density at radius 1 is 1.08 bits per heavy atom. The first kappa shape index (κ1) is 17.7. The molecule has 2 aromatic heterocycles. The van der Waals surface area contributed by atoms with Gasteiger partial charge in [0.05, 0.1) is 0 Å². The van der Waals surface area contributed by atoms with Gasteiger partial charge in [0.25, 0.3) is 0 Å². The Kier molecular flexibility index (Phi) is 4.88. The van der Waals surface area contributed by atoms with Crippen LogP contribution in [0.25, 0.3) is 20.7 Å². The Morgan fingerprint density at radius 3 is 2.65 bits per heavy atom. The molecule has 0 aliphatic carbocycles. The van der Waals surface area contributed by atoms with Gasteiger partial charge >= 0.3 is 0 Å². The number of thiophene rings is 1. The SMILES string of the molecule is CCCCc1cc[n+]2c(c1)-c1sc3ccccc3c1CCC2(CC)CC. The highest BCUT2D eigenvalue weighted by molar-refractivity contribution is 7.22. The van der Waals surface area contributed by atoms with Gasteiger partial charge in [0.2, 0.25) is 5.69 Å². The van der Waals surface area contributed by atoms with Gasteiger partial charge in [-0.05, 0) is 41.8 Å². The molecule has 3 aromatic rings. The molecule has 0 unspecified atom stereocenters. The molecule has 0 radical (unpaired) electrons. The summed E-state index contributed by atoms with van der Waals surface area (Å²) < 4.78 is 4.06. The zero-order valence-electron chi connectivity index (χ0n) is 16.3. The zero-order valence-corrected chi connectivity index (χ0v) is 17.2. The van der Waals surface area contributed by atoms with Gasteiger partial charge < -0.3 is 0 Å². The number of pyridine rings is 1. The Labute approximate surface area is 161 Å². The van der Waals surface area contributed by atoms with E-state index < -0.39 is 0 Å². The van der Waals surface area contributed by atoms with E-state index in [2.05, 4.69) is 67.9 Å². The van der Waals surface area contributed by atoms with Gasteiger partial charge in [0.15, 0.2) is 11.7 Å². The van der Waals surface area contributed by atoms with Crippen molar-refractivity contribution in [1.82, 2.24) is 0 Å². The maximum Gasteiger partial charge on any atom is 0.223 e. The van der Waals surface area contributed by atoms with Gasteiger partial charge in [0.1, 0.15) is 4.88 Å². The Hall–Kier alpha value is -1.67. The molecule has 0 fully saturated rings. The summed E-state index contributed by atoms with van der Waals surface area (Å²) in [5.41, 5.74) is 4.77. The lowest BCUT2D eigenvalue weighted by Gasteiger charge is -2.26. The zero-order chi connectivity index (χ0) is 18.1. The highest BCUT2D eigenvalue weighted by Crippen LogP contribution is 2.43. The molecule has 1 aromatic carbocycles. The summed E-state index contributed by atoms with van der Waals surface area (Å²) in [6, 6.07) is 13.8. The third-order valence-electron chi connectivity index (χ3n) is 6.44. The predicted molar refractivity (Wildman–Crippen MR) is 113 cm³/mol. The van der Waals surface area contributed by atoms with Crippen LogP contribution in [-0.2, 0) is 18.4 Å². The quantitative estimate of drug-likeness (QED) is 0.446. The Morgan fingerprint density at radius 2 is 1.88 bits per heavy atom. The largest absolute Gasteiger partial charge is 0.223 e. The molecule has 2 heteroatoms. The smallest absolute Gasteiger partial charge is 0.192 e. The molecule has 0 N–H and O–H groups in total. The minimum atomic E-state index is 0.248. The molecule has 1 aliphatic rings. The molecule has 3 heterocycles. The van der Waals surface area contributed by atoms with Crippen molar-refractivity contribution in [2.45, 2.75) is 71.3 Å². The fraction of sp³-hybridized carbons (Fsp3) is 0.458. The van der Waals surface area contributed by atoms with E-state index in [4.69, 9.17) is 0 Å². The van der Waals surface area contributed by atoms with Gasteiger partial charge in [-0.15, -0.1) is 11.3 Å². The second kappa shape index (κ2) is 7.15. The summed E-state index contributed by atoms with van der Waals surface area (Å²) in [6.45, 7) is 7.01. The van der Waals surface area contributed by atoms with E-state index in [-0.39, 0.29) is 5.54 Å². The van der Waals surface area contributed by atoms with E-state index in [0.29, 0.717) is 0 Å². The predicted octanol–water partition coefficient (Wildman–Crippen LogP) is 6.66. The van der Waals surface area contributed by atoms with Gasteiger partial charge in [-0.1, -0.05) is 45.4 Å². The van der Waals surface area contributed by atoms with E-state index >= 15 is 0 Å². The molecule has 0 bridgehead atoms. The summed E-state index contributed by atoms with van der Waals surface area (Å²) in [5.74, 6) is 0. The maximum atomic E-state index is 2.63. The fourth-order valence-electron chi connectivity index (χ4n) is 4.65. The lowest BCUT2D eigenvalue weighted by atomic mass is 9.86. The minimum absolute atomic E-state index is 0.248. The van der Waals surface area contributed by atoms with Crippen molar-refractivity contribution in [1.29, 1.82) is 0 Å². The van der Waals surface area contributed by atoms with Crippen LogP contribution in [0.15, 0.2) is 42.6 Å². The molecular weight excluding hydrogens is 334 g/mol. The summed E-state index contributed by atoms with van der Waals surface area (Å²) in [6.07, 6.45) is 10.9. The van der Waals surface area contributed by atoms with Crippen LogP contribution in [0.4, 0.5) is 0 Å². The summed E-state index contributed by atoms with van der Waals surface area (Å²) in [4.78, 5) is 1.51. The topological polar surface area (TPSA) is 3.88 Å². The van der Waals surface area contributed by atoms with Crippen LogP contribution in [0.3, 0.4) is 0 Å². The van der Waals surface area contributed by atoms with Crippen LogP contribution in [-0.4, -0.2) is 0 Å². The van der Waals surface area contributed by atoms with E-state index in [0.717, 1.165) is 0 Å². The summed E-state index contributed by atoms with van der Waals surface area (Å²) in [7, 11) is 0. The van der Waals surface area contributed by atoms with Crippen LogP contribution in [0, 0.1) is 0 Å². The van der Waals surface area contributed by atoms with Crippen molar-refractivity contribution in [2.75, 3.05) is 0 Å². The molecule has 136 valence electrons. The molecule has 4 rings (SSSR count). The highest BCUT2D eigenvalue weighted by Gasteiger charge is 2.42. The lowest BCUT2D eigenvalue weighted by Crippen LogP contribution is -2.56.